The van der Waals surface area contributed by atoms with Crippen LogP contribution in [0.2, 0.25) is 0 Å². The number of aromatic nitrogens is 1. The lowest BCUT2D eigenvalue weighted by atomic mass is 10.2. The SMILES string of the molecule is CCc1nc(CNC(=NC)NCC(C)(C)SC)cs1.I. The number of nitrogens with zero attached hydrogens (tertiary/aromatic N) is 2. The molecule has 0 radical (unpaired) electrons. The molecular formula is C13H25IN4S2. The second-order valence-corrected chi connectivity index (χ2v) is 7.29. The molecule has 0 fully saturated rings. The summed E-state index contributed by atoms with van der Waals surface area (Å²) in [5, 5.41) is 9.92. The Kier molecular flexibility index (Phi) is 9.82. The fraction of sp³-hybridized carbons (Fsp3) is 0.692. The zero-order chi connectivity index (χ0) is 14.3. The molecule has 7 heteroatoms. The summed E-state index contributed by atoms with van der Waals surface area (Å²) in [6.07, 6.45) is 3.12. The normalized spacial score (nSPS) is 11.9. The maximum Gasteiger partial charge on any atom is 0.191 e. The molecular weight excluding hydrogens is 403 g/mol. The Morgan fingerprint density at radius 1 is 1.45 bits per heavy atom. The molecule has 116 valence electrons. The third-order valence-electron chi connectivity index (χ3n) is 2.80. The van der Waals surface area contributed by atoms with Crippen molar-refractivity contribution in [2.45, 2.75) is 38.5 Å². The summed E-state index contributed by atoms with van der Waals surface area (Å²) < 4.78 is 0.202. The van der Waals surface area contributed by atoms with Crippen LogP contribution in [0.3, 0.4) is 0 Å². The van der Waals surface area contributed by atoms with E-state index in [9.17, 15) is 0 Å². The monoisotopic (exact) mass is 428 g/mol. The van der Waals surface area contributed by atoms with E-state index in [-0.39, 0.29) is 28.7 Å². The molecule has 0 saturated heterocycles. The van der Waals surface area contributed by atoms with E-state index >= 15 is 0 Å². The summed E-state index contributed by atoms with van der Waals surface area (Å²) in [4.78, 5) is 8.76. The zero-order valence-corrected chi connectivity index (χ0v) is 16.8. The Morgan fingerprint density at radius 2 is 2.15 bits per heavy atom. The number of aliphatic imine (C=N–C) groups is 1. The van der Waals surface area contributed by atoms with Crippen LogP contribution in [0, 0.1) is 0 Å². The van der Waals surface area contributed by atoms with Crippen LogP contribution >= 0.6 is 47.1 Å². The van der Waals surface area contributed by atoms with Gasteiger partial charge < -0.3 is 10.6 Å². The summed E-state index contributed by atoms with van der Waals surface area (Å²) in [5.41, 5.74) is 1.08. The van der Waals surface area contributed by atoms with E-state index in [0.29, 0.717) is 0 Å². The Morgan fingerprint density at radius 3 is 2.65 bits per heavy atom. The molecule has 1 heterocycles. The minimum Gasteiger partial charge on any atom is -0.355 e. The summed E-state index contributed by atoms with van der Waals surface area (Å²) in [5.74, 6) is 0.827. The van der Waals surface area contributed by atoms with Gasteiger partial charge in [0.25, 0.3) is 0 Å². The number of nitrogens with one attached hydrogen (secondary N) is 2. The first-order chi connectivity index (χ1) is 9.00. The van der Waals surface area contributed by atoms with Crippen molar-refractivity contribution in [2.75, 3.05) is 19.8 Å². The van der Waals surface area contributed by atoms with Gasteiger partial charge in [-0.05, 0) is 26.5 Å². The van der Waals surface area contributed by atoms with Gasteiger partial charge in [0.05, 0.1) is 17.2 Å². The van der Waals surface area contributed by atoms with Gasteiger partial charge in [-0.25, -0.2) is 4.98 Å². The van der Waals surface area contributed by atoms with Gasteiger partial charge in [0.15, 0.2) is 5.96 Å². The molecule has 0 aliphatic carbocycles. The van der Waals surface area contributed by atoms with Crippen molar-refractivity contribution in [2.24, 2.45) is 4.99 Å². The van der Waals surface area contributed by atoms with Crippen LogP contribution in [0.5, 0.6) is 0 Å². The Balaban J connectivity index is 0.00000361. The van der Waals surface area contributed by atoms with Gasteiger partial charge in [-0.2, -0.15) is 11.8 Å². The number of hydrogen-bond acceptors (Lipinski definition) is 4. The van der Waals surface area contributed by atoms with Crippen LogP contribution in [0.15, 0.2) is 10.4 Å². The van der Waals surface area contributed by atoms with Crippen molar-refractivity contribution >= 4 is 53.0 Å². The van der Waals surface area contributed by atoms with E-state index in [1.807, 2.05) is 11.8 Å². The Bertz CT molecular complexity index is 418. The molecule has 1 aromatic rings. The first-order valence-electron chi connectivity index (χ1n) is 6.43. The van der Waals surface area contributed by atoms with Crippen LogP contribution in [-0.4, -0.2) is 35.5 Å². The van der Waals surface area contributed by atoms with E-state index in [1.54, 1.807) is 18.4 Å². The van der Waals surface area contributed by atoms with Crippen LogP contribution in [0.1, 0.15) is 31.5 Å². The molecule has 20 heavy (non-hydrogen) atoms. The third kappa shape index (κ3) is 7.12. The first-order valence-corrected chi connectivity index (χ1v) is 8.54. The fourth-order valence-electron chi connectivity index (χ4n) is 1.36. The number of guanidine groups is 1. The predicted molar refractivity (Wildman–Crippen MR) is 103 cm³/mol. The van der Waals surface area contributed by atoms with Crippen molar-refractivity contribution in [1.29, 1.82) is 0 Å². The second kappa shape index (κ2) is 9.83. The number of rotatable bonds is 6. The number of aryl methyl sites for hydroxylation is 1. The molecule has 0 saturated carbocycles. The molecule has 1 rings (SSSR count). The maximum atomic E-state index is 4.53. The van der Waals surface area contributed by atoms with Gasteiger partial charge in [0.2, 0.25) is 0 Å². The number of thiazole rings is 1. The highest BCUT2D eigenvalue weighted by atomic mass is 127. The highest BCUT2D eigenvalue weighted by Gasteiger charge is 2.16. The third-order valence-corrected chi connectivity index (χ3v) is 5.09. The van der Waals surface area contributed by atoms with E-state index in [4.69, 9.17) is 0 Å². The lowest BCUT2D eigenvalue weighted by Crippen LogP contribution is -2.43. The fourth-order valence-corrected chi connectivity index (χ4v) is 2.32. The molecule has 0 bridgehead atoms. The van der Waals surface area contributed by atoms with Gasteiger partial charge in [0, 0.05) is 23.7 Å². The number of thioether (sulfide) groups is 1. The van der Waals surface area contributed by atoms with E-state index in [2.05, 4.69) is 53.0 Å². The predicted octanol–water partition coefficient (Wildman–Crippen LogP) is 3.13. The van der Waals surface area contributed by atoms with Crippen molar-refractivity contribution < 1.29 is 0 Å². The Hall–Kier alpha value is -0.0200. The number of halogens is 1. The molecule has 1 aromatic heterocycles. The van der Waals surface area contributed by atoms with Crippen molar-refractivity contribution in [3.63, 3.8) is 0 Å². The lowest BCUT2D eigenvalue weighted by Gasteiger charge is -2.23. The summed E-state index contributed by atoms with van der Waals surface area (Å²) in [6, 6.07) is 0. The smallest absolute Gasteiger partial charge is 0.191 e. The highest BCUT2D eigenvalue weighted by molar-refractivity contribution is 14.0. The Labute approximate surface area is 147 Å². The lowest BCUT2D eigenvalue weighted by molar-refractivity contribution is 0.663. The van der Waals surface area contributed by atoms with Crippen LogP contribution in [0.25, 0.3) is 0 Å². The van der Waals surface area contributed by atoms with Gasteiger partial charge in [-0.1, -0.05) is 6.92 Å². The summed E-state index contributed by atoms with van der Waals surface area (Å²) >= 11 is 3.56. The van der Waals surface area contributed by atoms with Gasteiger partial charge >= 0.3 is 0 Å². The van der Waals surface area contributed by atoms with Crippen molar-refractivity contribution in [1.82, 2.24) is 15.6 Å². The minimum absolute atomic E-state index is 0. The molecule has 0 amide bonds. The molecule has 2 N–H and O–H groups in total. The van der Waals surface area contributed by atoms with Crippen LogP contribution in [0.4, 0.5) is 0 Å². The van der Waals surface area contributed by atoms with E-state index in [1.165, 1.54) is 5.01 Å². The molecule has 0 aliphatic rings. The largest absolute Gasteiger partial charge is 0.355 e. The summed E-state index contributed by atoms with van der Waals surface area (Å²) in [6.45, 7) is 8.15. The second-order valence-electron chi connectivity index (χ2n) is 4.83. The quantitative estimate of drug-likeness (QED) is 0.415. The molecule has 0 atom stereocenters. The van der Waals surface area contributed by atoms with Gasteiger partial charge in [0.1, 0.15) is 0 Å². The highest BCUT2D eigenvalue weighted by Crippen LogP contribution is 2.19. The van der Waals surface area contributed by atoms with Crippen LogP contribution < -0.4 is 10.6 Å². The molecule has 0 aliphatic heterocycles. The minimum atomic E-state index is 0. The summed E-state index contributed by atoms with van der Waals surface area (Å²) in [7, 11) is 1.79. The maximum absolute atomic E-state index is 4.53. The average Bonchev–Trinajstić information content (AvgIpc) is 2.87. The van der Waals surface area contributed by atoms with Crippen molar-refractivity contribution in [3.8, 4) is 0 Å². The molecule has 0 spiro atoms. The molecule has 4 nitrogen and oxygen atoms in total. The van der Waals surface area contributed by atoms with Crippen LogP contribution in [-0.2, 0) is 13.0 Å². The first kappa shape index (κ1) is 20.0. The van der Waals surface area contributed by atoms with Crippen molar-refractivity contribution in [3.05, 3.63) is 16.1 Å². The standard InChI is InChI=1S/C13H24N4S2.HI/c1-6-11-17-10(8-19-11)7-15-12(14-4)16-9-13(2,3)18-5;/h8H,6-7,9H2,1-5H3,(H2,14,15,16);1H. The topological polar surface area (TPSA) is 49.3 Å². The molecule has 0 unspecified atom stereocenters. The molecule has 0 aromatic carbocycles. The van der Waals surface area contributed by atoms with E-state index in [0.717, 1.165) is 31.2 Å². The van der Waals surface area contributed by atoms with E-state index < -0.39 is 0 Å². The zero-order valence-electron chi connectivity index (χ0n) is 12.8. The van der Waals surface area contributed by atoms with Gasteiger partial charge in [-0.15, -0.1) is 35.3 Å². The van der Waals surface area contributed by atoms with Gasteiger partial charge in [-0.3, -0.25) is 4.99 Å². The number of hydrogen-bond donors (Lipinski definition) is 2. The average molecular weight is 428 g/mol.